The highest BCUT2D eigenvalue weighted by Gasteiger charge is 2.10. The van der Waals surface area contributed by atoms with Crippen molar-refractivity contribution in [3.05, 3.63) is 35.7 Å². The van der Waals surface area contributed by atoms with Crippen LogP contribution in [0.25, 0.3) is 15.5 Å². The maximum atomic E-state index is 5.63. The lowest BCUT2D eigenvalue weighted by Gasteiger charge is -1.99. The van der Waals surface area contributed by atoms with Crippen molar-refractivity contribution in [1.29, 1.82) is 0 Å². The van der Waals surface area contributed by atoms with Crippen molar-refractivity contribution in [3.63, 3.8) is 0 Å². The molecule has 0 bridgehead atoms. The fourth-order valence-corrected chi connectivity index (χ4v) is 2.54. The Morgan fingerprint density at radius 1 is 1.35 bits per heavy atom. The van der Waals surface area contributed by atoms with Crippen molar-refractivity contribution in [2.24, 2.45) is 5.73 Å². The van der Waals surface area contributed by atoms with E-state index in [0.29, 0.717) is 6.54 Å². The monoisotopic (exact) mass is 245 g/mol. The first-order chi connectivity index (χ1) is 8.28. The molecule has 0 saturated carbocycles. The molecule has 2 heterocycles. The maximum Gasteiger partial charge on any atom is 0.234 e. The summed E-state index contributed by atoms with van der Waals surface area (Å²) < 4.78 is 1.76. The molecule has 0 aliphatic heterocycles. The molecule has 3 aromatic rings. The lowest BCUT2D eigenvalue weighted by Crippen LogP contribution is -1.96. The zero-order valence-electron chi connectivity index (χ0n) is 9.29. The summed E-state index contributed by atoms with van der Waals surface area (Å²) in [4.78, 5) is 0.815. The smallest absolute Gasteiger partial charge is 0.234 e. The van der Waals surface area contributed by atoms with Crippen molar-refractivity contribution >= 4 is 16.3 Å². The van der Waals surface area contributed by atoms with Crippen molar-refractivity contribution in [2.45, 2.75) is 13.5 Å². The van der Waals surface area contributed by atoms with E-state index in [1.165, 1.54) is 11.3 Å². The van der Waals surface area contributed by atoms with Crippen molar-refractivity contribution in [1.82, 2.24) is 19.8 Å². The van der Waals surface area contributed by atoms with Crippen LogP contribution in [0, 0.1) is 6.92 Å². The minimum atomic E-state index is 0.539. The zero-order valence-corrected chi connectivity index (χ0v) is 10.1. The van der Waals surface area contributed by atoms with Gasteiger partial charge in [0.1, 0.15) is 5.01 Å². The second-order valence-electron chi connectivity index (χ2n) is 3.75. The predicted molar refractivity (Wildman–Crippen MR) is 66.7 cm³/mol. The standard InChI is InChI=1S/C11H11N5S/c1-7-13-14-11-16(7)15-10(17-11)9-4-2-3-8(5-9)6-12/h2-5H,6,12H2,1H3. The maximum absolute atomic E-state index is 5.63. The Hall–Kier alpha value is -1.79. The third-order valence-electron chi connectivity index (χ3n) is 2.56. The lowest BCUT2D eigenvalue weighted by atomic mass is 10.1. The first-order valence-electron chi connectivity index (χ1n) is 5.26. The molecule has 0 aliphatic rings. The molecule has 2 N–H and O–H groups in total. The SMILES string of the molecule is Cc1nnc2sc(-c3cccc(CN)c3)nn12. The van der Waals surface area contributed by atoms with E-state index in [0.717, 1.165) is 26.9 Å². The third kappa shape index (κ3) is 1.71. The van der Waals surface area contributed by atoms with Crippen molar-refractivity contribution < 1.29 is 0 Å². The van der Waals surface area contributed by atoms with Gasteiger partial charge >= 0.3 is 0 Å². The highest BCUT2D eigenvalue weighted by Crippen LogP contribution is 2.25. The number of rotatable bonds is 2. The van der Waals surface area contributed by atoms with E-state index in [1.807, 2.05) is 25.1 Å². The molecule has 6 heteroatoms. The molecule has 0 unspecified atom stereocenters. The van der Waals surface area contributed by atoms with Gasteiger partial charge in [-0.05, 0) is 18.6 Å². The van der Waals surface area contributed by atoms with E-state index in [1.54, 1.807) is 4.52 Å². The Kier molecular flexibility index (Phi) is 2.38. The minimum absolute atomic E-state index is 0.539. The minimum Gasteiger partial charge on any atom is -0.326 e. The van der Waals surface area contributed by atoms with E-state index in [9.17, 15) is 0 Å². The second-order valence-corrected chi connectivity index (χ2v) is 4.71. The number of aromatic nitrogens is 4. The Morgan fingerprint density at radius 2 is 2.24 bits per heavy atom. The van der Waals surface area contributed by atoms with Crippen LogP contribution in [0.15, 0.2) is 24.3 Å². The third-order valence-corrected chi connectivity index (χ3v) is 3.50. The molecule has 0 fully saturated rings. The van der Waals surface area contributed by atoms with Crippen LogP contribution in [0.1, 0.15) is 11.4 Å². The summed E-state index contributed by atoms with van der Waals surface area (Å²) in [5, 5.41) is 13.4. The van der Waals surface area contributed by atoms with E-state index in [-0.39, 0.29) is 0 Å². The summed E-state index contributed by atoms with van der Waals surface area (Å²) in [6.45, 7) is 2.43. The molecule has 0 saturated heterocycles. The molecule has 2 aromatic heterocycles. The van der Waals surface area contributed by atoms with Gasteiger partial charge < -0.3 is 5.73 Å². The topological polar surface area (TPSA) is 69.1 Å². The molecule has 0 amide bonds. The van der Waals surface area contributed by atoms with Crippen molar-refractivity contribution in [3.8, 4) is 10.6 Å². The molecule has 0 atom stereocenters. The number of aryl methyl sites for hydroxylation is 1. The van der Waals surface area contributed by atoms with Gasteiger partial charge in [0.05, 0.1) is 0 Å². The Bertz CT molecular complexity index is 669. The summed E-state index contributed by atoms with van der Waals surface area (Å²) in [5.41, 5.74) is 7.81. The van der Waals surface area contributed by atoms with Gasteiger partial charge in [-0.2, -0.15) is 9.61 Å². The number of nitrogens with two attached hydrogens (primary N) is 1. The van der Waals surface area contributed by atoms with Crippen LogP contribution in [0.2, 0.25) is 0 Å². The summed E-state index contributed by atoms with van der Waals surface area (Å²) in [7, 11) is 0. The Balaban J connectivity index is 2.13. The average Bonchev–Trinajstić information content (AvgIpc) is 2.92. The first-order valence-corrected chi connectivity index (χ1v) is 6.08. The van der Waals surface area contributed by atoms with E-state index in [4.69, 9.17) is 5.73 Å². The molecule has 1 aromatic carbocycles. The number of nitrogens with zero attached hydrogens (tertiary/aromatic N) is 4. The molecule has 86 valence electrons. The molecule has 0 aliphatic carbocycles. The molecule has 0 spiro atoms. The van der Waals surface area contributed by atoms with Gasteiger partial charge in [0.25, 0.3) is 0 Å². The van der Waals surface area contributed by atoms with Gasteiger partial charge in [-0.15, -0.1) is 10.2 Å². The van der Waals surface area contributed by atoms with Crippen LogP contribution in [0.4, 0.5) is 0 Å². The number of hydrogen-bond acceptors (Lipinski definition) is 5. The van der Waals surface area contributed by atoms with Gasteiger partial charge in [0.2, 0.25) is 4.96 Å². The van der Waals surface area contributed by atoms with Crippen LogP contribution in [0.5, 0.6) is 0 Å². The quantitative estimate of drug-likeness (QED) is 0.745. The molecular formula is C11H11N5S. The highest BCUT2D eigenvalue weighted by atomic mass is 32.1. The summed E-state index contributed by atoms with van der Waals surface area (Å²) in [5.74, 6) is 0.803. The van der Waals surface area contributed by atoms with Crippen LogP contribution >= 0.6 is 11.3 Å². The summed E-state index contributed by atoms with van der Waals surface area (Å²) in [6.07, 6.45) is 0. The number of hydrogen-bond donors (Lipinski definition) is 1. The summed E-state index contributed by atoms with van der Waals surface area (Å²) >= 11 is 1.53. The molecule has 3 rings (SSSR count). The van der Waals surface area contributed by atoms with Gasteiger partial charge in [0, 0.05) is 12.1 Å². The first kappa shape index (κ1) is 10.4. The Morgan fingerprint density at radius 3 is 3.00 bits per heavy atom. The van der Waals surface area contributed by atoms with Gasteiger partial charge in [-0.3, -0.25) is 0 Å². The average molecular weight is 245 g/mol. The molecular weight excluding hydrogens is 234 g/mol. The van der Waals surface area contributed by atoms with E-state index in [2.05, 4.69) is 21.4 Å². The molecule has 17 heavy (non-hydrogen) atoms. The molecule has 0 radical (unpaired) electrons. The van der Waals surface area contributed by atoms with Crippen LogP contribution in [-0.2, 0) is 6.54 Å². The number of benzene rings is 1. The summed E-state index contributed by atoms with van der Waals surface area (Å²) in [6, 6.07) is 8.09. The van der Waals surface area contributed by atoms with Gasteiger partial charge in [0.15, 0.2) is 5.82 Å². The van der Waals surface area contributed by atoms with E-state index >= 15 is 0 Å². The van der Waals surface area contributed by atoms with Crippen molar-refractivity contribution in [2.75, 3.05) is 0 Å². The normalized spacial score (nSPS) is 11.2. The van der Waals surface area contributed by atoms with Gasteiger partial charge in [-0.1, -0.05) is 29.5 Å². The Labute approximate surface area is 102 Å². The van der Waals surface area contributed by atoms with Gasteiger partial charge in [-0.25, -0.2) is 0 Å². The second kappa shape index (κ2) is 3.90. The predicted octanol–water partition coefficient (Wildman–Crippen LogP) is 1.62. The van der Waals surface area contributed by atoms with Crippen LogP contribution in [-0.4, -0.2) is 19.8 Å². The molecule has 5 nitrogen and oxygen atoms in total. The van der Waals surface area contributed by atoms with Crippen LogP contribution < -0.4 is 5.73 Å². The highest BCUT2D eigenvalue weighted by molar-refractivity contribution is 7.19. The lowest BCUT2D eigenvalue weighted by molar-refractivity contribution is 0.897. The zero-order chi connectivity index (χ0) is 11.8. The van der Waals surface area contributed by atoms with Crippen LogP contribution in [0.3, 0.4) is 0 Å². The largest absolute Gasteiger partial charge is 0.326 e. The van der Waals surface area contributed by atoms with E-state index < -0.39 is 0 Å². The number of fused-ring (bicyclic) bond motifs is 1. The fraction of sp³-hybridized carbons (Fsp3) is 0.182. The fourth-order valence-electron chi connectivity index (χ4n) is 1.66.